The number of nitrogens with zero attached hydrogens (tertiary/aromatic N) is 4. The Balaban J connectivity index is 1.74. The predicted octanol–water partition coefficient (Wildman–Crippen LogP) is 2.88. The molecule has 0 bridgehead atoms. The summed E-state index contributed by atoms with van der Waals surface area (Å²) in [6.07, 6.45) is 1.60. The van der Waals surface area contributed by atoms with E-state index in [-0.39, 0.29) is 0 Å². The van der Waals surface area contributed by atoms with Crippen LogP contribution in [0, 0.1) is 0 Å². The Kier molecular flexibility index (Phi) is 3.91. The number of nitrogens with one attached hydrogen (secondary N) is 1. The molecule has 0 saturated carbocycles. The highest BCUT2D eigenvalue weighted by Crippen LogP contribution is 2.21. The molecule has 1 heterocycles. The van der Waals surface area contributed by atoms with Crippen molar-refractivity contribution in [3.63, 3.8) is 0 Å². The first kappa shape index (κ1) is 13.3. The number of para-hydroxylation sites is 2. The molecular formula is C16H17N5. The molecule has 0 aliphatic rings. The molecule has 21 heavy (non-hydrogen) atoms. The van der Waals surface area contributed by atoms with Crippen molar-refractivity contribution in [2.75, 3.05) is 11.9 Å². The lowest BCUT2D eigenvalue weighted by atomic mass is 10.0. The van der Waals surface area contributed by atoms with Crippen LogP contribution >= 0.6 is 0 Å². The second kappa shape index (κ2) is 6.17. The third-order valence-corrected chi connectivity index (χ3v) is 3.47. The van der Waals surface area contributed by atoms with E-state index in [0.29, 0.717) is 5.92 Å². The van der Waals surface area contributed by atoms with E-state index in [1.807, 2.05) is 30.3 Å². The first-order valence-electron chi connectivity index (χ1n) is 6.96. The van der Waals surface area contributed by atoms with Crippen LogP contribution in [-0.4, -0.2) is 26.8 Å². The molecule has 0 spiro atoms. The van der Waals surface area contributed by atoms with E-state index in [1.54, 1.807) is 11.0 Å². The van der Waals surface area contributed by atoms with Crippen LogP contribution in [0.2, 0.25) is 0 Å². The molecule has 1 aromatic heterocycles. The minimum atomic E-state index is 0.424. The Bertz CT molecular complexity index is 679. The highest BCUT2D eigenvalue weighted by Gasteiger charge is 2.08. The summed E-state index contributed by atoms with van der Waals surface area (Å²) in [5.41, 5.74) is 3.29. The van der Waals surface area contributed by atoms with Crippen LogP contribution in [0.4, 0.5) is 5.69 Å². The zero-order chi connectivity index (χ0) is 14.5. The van der Waals surface area contributed by atoms with Crippen molar-refractivity contribution < 1.29 is 0 Å². The van der Waals surface area contributed by atoms with Gasteiger partial charge in [0, 0.05) is 6.54 Å². The van der Waals surface area contributed by atoms with Crippen molar-refractivity contribution in [3.05, 3.63) is 66.5 Å². The van der Waals surface area contributed by atoms with Crippen molar-refractivity contribution in [1.29, 1.82) is 0 Å². The molecule has 3 rings (SSSR count). The van der Waals surface area contributed by atoms with Gasteiger partial charge in [-0.25, -0.2) is 0 Å². The molecule has 1 N–H and O–H groups in total. The SMILES string of the molecule is CC(CNc1ccccc1-n1cnnn1)c1ccccc1. The number of anilines is 1. The van der Waals surface area contributed by atoms with Crippen LogP contribution in [0.25, 0.3) is 5.69 Å². The van der Waals surface area contributed by atoms with Gasteiger partial charge in [0.2, 0.25) is 0 Å². The number of benzene rings is 2. The van der Waals surface area contributed by atoms with Crippen molar-refractivity contribution >= 4 is 5.69 Å². The van der Waals surface area contributed by atoms with E-state index in [9.17, 15) is 0 Å². The van der Waals surface area contributed by atoms with Crippen LogP contribution in [0.1, 0.15) is 18.4 Å². The summed E-state index contributed by atoms with van der Waals surface area (Å²) < 4.78 is 1.66. The monoisotopic (exact) mass is 279 g/mol. The molecule has 5 heteroatoms. The highest BCUT2D eigenvalue weighted by atomic mass is 15.5. The van der Waals surface area contributed by atoms with Crippen LogP contribution < -0.4 is 5.32 Å². The Hall–Kier alpha value is -2.69. The number of tetrazole rings is 1. The summed E-state index contributed by atoms with van der Waals surface area (Å²) >= 11 is 0. The second-order valence-corrected chi connectivity index (χ2v) is 4.96. The summed E-state index contributed by atoms with van der Waals surface area (Å²) in [6, 6.07) is 18.5. The van der Waals surface area contributed by atoms with Crippen LogP contribution in [-0.2, 0) is 0 Å². The molecule has 0 saturated heterocycles. The Morgan fingerprint density at radius 1 is 1.05 bits per heavy atom. The maximum atomic E-state index is 3.95. The predicted molar refractivity (Wildman–Crippen MR) is 82.5 cm³/mol. The molecule has 106 valence electrons. The van der Waals surface area contributed by atoms with Crippen LogP contribution in [0.5, 0.6) is 0 Å². The van der Waals surface area contributed by atoms with Gasteiger partial charge < -0.3 is 5.32 Å². The summed E-state index contributed by atoms with van der Waals surface area (Å²) in [5, 5.41) is 14.8. The lowest BCUT2D eigenvalue weighted by Crippen LogP contribution is -2.12. The number of hydrogen-bond acceptors (Lipinski definition) is 4. The molecule has 1 atom stereocenters. The fourth-order valence-corrected chi connectivity index (χ4v) is 2.26. The minimum Gasteiger partial charge on any atom is -0.383 e. The molecule has 1 unspecified atom stereocenters. The first-order valence-corrected chi connectivity index (χ1v) is 6.96. The first-order chi connectivity index (χ1) is 10.3. The molecule has 5 nitrogen and oxygen atoms in total. The second-order valence-electron chi connectivity index (χ2n) is 4.96. The standard InChI is InChI=1S/C16H17N5/c1-13(14-7-3-2-4-8-14)11-17-15-9-5-6-10-16(15)21-12-18-19-20-21/h2-10,12-13,17H,11H2,1H3. The topological polar surface area (TPSA) is 55.6 Å². The molecule has 0 amide bonds. The number of aromatic nitrogens is 4. The van der Waals surface area contributed by atoms with Gasteiger partial charge in [0.15, 0.2) is 0 Å². The van der Waals surface area contributed by atoms with Gasteiger partial charge >= 0.3 is 0 Å². The summed E-state index contributed by atoms with van der Waals surface area (Å²) in [6.45, 7) is 3.06. The quantitative estimate of drug-likeness (QED) is 0.780. The van der Waals surface area contributed by atoms with Gasteiger partial charge in [-0.2, -0.15) is 4.68 Å². The van der Waals surface area contributed by atoms with Gasteiger partial charge in [0.25, 0.3) is 0 Å². The van der Waals surface area contributed by atoms with Gasteiger partial charge in [-0.05, 0) is 34.0 Å². The minimum absolute atomic E-state index is 0.424. The van der Waals surface area contributed by atoms with Gasteiger partial charge in [-0.15, -0.1) is 5.10 Å². The summed E-state index contributed by atoms with van der Waals surface area (Å²) in [5.74, 6) is 0.424. The van der Waals surface area contributed by atoms with E-state index < -0.39 is 0 Å². The molecule has 0 aliphatic carbocycles. The van der Waals surface area contributed by atoms with Crippen molar-refractivity contribution in [2.45, 2.75) is 12.8 Å². The molecule has 3 aromatic rings. The van der Waals surface area contributed by atoms with E-state index in [2.05, 4.69) is 52.0 Å². The van der Waals surface area contributed by atoms with Gasteiger partial charge in [-0.3, -0.25) is 0 Å². The summed E-state index contributed by atoms with van der Waals surface area (Å²) in [4.78, 5) is 0. The average Bonchev–Trinajstić information content (AvgIpc) is 3.08. The number of hydrogen-bond donors (Lipinski definition) is 1. The average molecular weight is 279 g/mol. The molecule has 0 radical (unpaired) electrons. The fourth-order valence-electron chi connectivity index (χ4n) is 2.26. The third kappa shape index (κ3) is 3.08. The van der Waals surface area contributed by atoms with Crippen LogP contribution in [0.3, 0.4) is 0 Å². The summed E-state index contributed by atoms with van der Waals surface area (Å²) in [7, 11) is 0. The zero-order valence-electron chi connectivity index (χ0n) is 11.8. The third-order valence-electron chi connectivity index (χ3n) is 3.47. The normalized spacial score (nSPS) is 12.0. The molecule has 0 aliphatic heterocycles. The fraction of sp³-hybridized carbons (Fsp3) is 0.188. The Morgan fingerprint density at radius 3 is 2.57 bits per heavy atom. The maximum Gasteiger partial charge on any atom is 0.143 e. The van der Waals surface area contributed by atoms with E-state index >= 15 is 0 Å². The Labute approximate surface area is 123 Å². The molecule has 2 aromatic carbocycles. The smallest absolute Gasteiger partial charge is 0.143 e. The highest BCUT2D eigenvalue weighted by molar-refractivity contribution is 5.60. The molecular weight excluding hydrogens is 262 g/mol. The lowest BCUT2D eigenvalue weighted by molar-refractivity contribution is 0.781. The maximum absolute atomic E-state index is 3.95. The van der Waals surface area contributed by atoms with E-state index in [0.717, 1.165) is 17.9 Å². The zero-order valence-corrected chi connectivity index (χ0v) is 11.8. The molecule has 0 fully saturated rings. The lowest BCUT2D eigenvalue weighted by Gasteiger charge is -2.16. The van der Waals surface area contributed by atoms with E-state index in [4.69, 9.17) is 0 Å². The van der Waals surface area contributed by atoms with Gasteiger partial charge in [0.1, 0.15) is 6.33 Å². The van der Waals surface area contributed by atoms with Crippen molar-refractivity contribution in [2.24, 2.45) is 0 Å². The van der Waals surface area contributed by atoms with Crippen molar-refractivity contribution in [3.8, 4) is 5.69 Å². The number of rotatable bonds is 5. The van der Waals surface area contributed by atoms with Crippen molar-refractivity contribution in [1.82, 2.24) is 20.2 Å². The van der Waals surface area contributed by atoms with Gasteiger partial charge in [0.05, 0.1) is 11.4 Å². The van der Waals surface area contributed by atoms with Crippen LogP contribution in [0.15, 0.2) is 60.9 Å². The van der Waals surface area contributed by atoms with Gasteiger partial charge in [-0.1, -0.05) is 49.4 Å². The Morgan fingerprint density at radius 2 is 1.81 bits per heavy atom. The largest absolute Gasteiger partial charge is 0.383 e. The van der Waals surface area contributed by atoms with E-state index in [1.165, 1.54) is 5.56 Å².